The Morgan fingerprint density at radius 2 is 2.06 bits per heavy atom. The third kappa shape index (κ3) is 4.37. The normalized spacial score (nSPS) is 19.5. The number of aromatic nitrogens is 3. The fourth-order valence-electron chi connectivity index (χ4n) is 4.36. The number of benzene rings is 1. The molecule has 0 spiro atoms. The van der Waals surface area contributed by atoms with Crippen LogP contribution < -0.4 is 14.8 Å². The van der Waals surface area contributed by atoms with Gasteiger partial charge < -0.3 is 14.8 Å². The zero-order valence-electron chi connectivity index (χ0n) is 19.7. The number of thioether (sulfide) groups is 1. The van der Waals surface area contributed by atoms with Crippen LogP contribution in [0.25, 0.3) is 0 Å². The predicted octanol–water partition coefficient (Wildman–Crippen LogP) is 5.23. The van der Waals surface area contributed by atoms with Gasteiger partial charge in [0.15, 0.2) is 17.3 Å². The number of nitrogens with one attached hydrogen (secondary N) is 1. The Hall–Kier alpha value is -2.48. The summed E-state index contributed by atoms with van der Waals surface area (Å²) in [5.74, 6) is 3.10. The summed E-state index contributed by atoms with van der Waals surface area (Å²) in [6, 6.07) is 5.51. The summed E-state index contributed by atoms with van der Waals surface area (Å²) in [4.78, 5) is 18.1. The molecular formula is C24H32N4O3S. The number of ketones is 1. The van der Waals surface area contributed by atoms with Crippen LogP contribution in [0.2, 0.25) is 0 Å². The maximum atomic E-state index is 13.4. The molecule has 1 aromatic heterocycles. The van der Waals surface area contributed by atoms with Crippen LogP contribution in [0.5, 0.6) is 11.5 Å². The van der Waals surface area contributed by atoms with Gasteiger partial charge in [-0.05, 0) is 49.8 Å². The monoisotopic (exact) mass is 456 g/mol. The van der Waals surface area contributed by atoms with Crippen LogP contribution >= 0.6 is 11.8 Å². The van der Waals surface area contributed by atoms with Crippen LogP contribution in [-0.4, -0.2) is 39.5 Å². The van der Waals surface area contributed by atoms with Gasteiger partial charge in [0.25, 0.3) is 0 Å². The lowest BCUT2D eigenvalue weighted by Crippen LogP contribution is -2.36. The molecule has 1 unspecified atom stereocenters. The molecule has 1 atom stereocenters. The second-order valence-electron chi connectivity index (χ2n) is 9.45. The Labute approximate surface area is 194 Å². The number of rotatable bonds is 7. The van der Waals surface area contributed by atoms with Gasteiger partial charge in [-0.1, -0.05) is 38.6 Å². The van der Waals surface area contributed by atoms with Crippen molar-refractivity contribution in [2.24, 2.45) is 5.41 Å². The van der Waals surface area contributed by atoms with Crippen molar-refractivity contribution in [1.82, 2.24) is 14.8 Å². The summed E-state index contributed by atoms with van der Waals surface area (Å²) >= 11 is 1.63. The van der Waals surface area contributed by atoms with E-state index in [2.05, 4.69) is 26.1 Å². The second kappa shape index (κ2) is 8.81. The first-order valence-electron chi connectivity index (χ1n) is 11.2. The molecule has 0 amide bonds. The Balaban J connectivity index is 1.83. The molecule has 2 aromatic rings. The molecule has 1 aliphatic heterocycles. The van der Waals surface area contributed by atoms with Gasteiger partial charge in [0.1, 0.15) is 6.04 Å². The third-order valence-electron chi connectivity index (χ3n) is 5.61. The third-order valence-corrected chi connectivity index (χ3v) is 6.66. The number of allylic oxidation sites excluding steroid dienone is 2. The number of Topliss-reactive ketones (excluding diaryl/α,β-unsaturated/α-hetero) is 1. The van der Waals surface area contributed by atoms with Gasteiger partial charge in [-0.25, -0.2) is 4.68 Å². The highest BCUT2D eigenvalue weighted by atomic mass is 32.2. The van der Waals surface area contributed by atoms with E-state index in [0.717, 1.165) is 40.6 Å². The zero-order valence-corrected chi connectivity index (χ0v) is 20.5. The van der Waals surface area contributed by atoms with Gasteiger partial charge in [-0.2, -0.15) is 4.98 Å². The van der Waals surface area contributed by atoms with Crippen molar-refractivity contribution in [2.45, 2.75) is 71.2 Å². The first-order valence-corrected chi connectivity index (χ1v) is 12.2. The van der Waals surface area contributed by atoms with Crippen LogP contribution in [0.15, 0.2) is 34.6 Å². The fourth-order valence-corrected chi connectivity index (χ4v) is 5.04. The van der Waals surface area contributed by atoms with Crippen molar-refractivity contribution >= 4 is 23.5 Å². The maximum absolute atomic E-state index is 13.4. The van der Waals surface area contributed by atoms with E-state index in [1.165, 1.54) is 0 Å². The zero-order chi connectivity index (χ0) is 23.0. The smallest absolute Gasteiger partial charge is 0.227 e. The van der Waals surface area contributed by atoms with Gasteiger partial charge in [0, 0.05) is 23.4 Å². The molecule has 0 saturated carbocycles. The van der Waals surface area contributed by atoms with Crippen LogP contribution in [0.3, 0.4) is 0 Å². The van der Waals surface area contributed by atoms with E-state index < -0.39 is 0 Å². The van der Waals surface area contributed by atoms with E-state index in [4.69, 9.17) is 19.6 Å². The minimum absolute atomic E-state index is 0.0326. The lowest BCUT2D eigenvalue weighted by atomic mass is 9.73. The number of carbonyl (C=O) groups excluding carboxylic acids is 1. The molecule has 1 N–H and O–H groups in total. The highest BCUT2D eigenvalue weighted by Gasteiger charge is 2.42. The number of fused-ring (bicyclic) bond motifs is 1. The predicted molar refractivity (Wildman–Crippen MR) is 127 cm³/mol. The van der Waals surface area contributed by atoms with Crippen molar-refractivity contribution < 1.29 is 14.3 Å². The van der Waals surface area contributed by atoms with Gasteiger partial charge >= 0.3 is 0 Å². The number of hydrogen-bond donors (Lipinski definition) is 1. The molecule has 0 saturated heterocycles. The summed E-state index contributed by atoms with van der Waals surface area (Å²) in [6.07, 6.45) is 2.38. The van der Waals surface area contributed by atoms with Crippen molar-refractivity contribution in [3.63, 3.8) is 0 Å². The highest BCUT2D eigenvalue weighted by molar-refractivity contribution is 7.99. The Morgan fingerprint density at radius 1 is 1.28 bits per heavy atom. The minimum atomic E-state index is -0.352. The van der Waals surface area contributed by atoms with Gasteiger partial charge in [0.05, 0.1) is 13.2 Å². The van der Waals surface area contributed by atoms with E-state index in [9.17, 15) is 4.79 Å². The molecule has 2 aliphatic rings. The van der Waals surface area contributed by atoms with E-state index in [1.54, 1.807) is 18.9 Å². The topological polar surface area (TPSA) is 78.3 Å². The van der Waals surface area contributed by atoms with Crippen LogP contribution in [0.1, 0.15) is 65.5 Å². The van der Waals surface area contributed by atoms with Crippen molar-refractivity contribution in [3.05, 3.63) is 35.0 Å². The molecule has 0 radical (unpaired) electrons. The summed E-state index contributed by atoms with van der Waals surface area (Å²) in [7, 11) is 1.63. The SMILES string of the molecule is CCCSc1nc2n(n1)C(c1ccc(OC(C)C)c(OC)c1)C1=C(CC(C)(C)CC1=O)N2. The first-order chi connectivity index (χ1) is 15.2. The van der Waals surface area contributed by atoms with Gasteiger partial charge in [-0.3, -0.25) is 4.79 Å². The van der Waals surface area contributed by atoms with E-state index in [0.29, 0.717) is 23.9 Å². The largest absolute Gasteiger partial charge is 0.493 e. The standard InChI is InChI=1S/C24H32N4O3S/c1-7-10-32-23-26-22-25-16-12-24(4,5)13-17(29)20(16)21(28(22)27-23)15-8-9-18(31-14(2)3)19(11-15)30-6/h8-9,11,14,21H,7,10,12-13H2,1-6H3,(H,25,26,27). The average Bonchev–Trinajstić information content (AvgIpc) is 3.12. The maximum Gasteiger partial charge on any atom is 0.227 e. The minimum Gasteiger partial charge on any atom is -0.493 e. The molecule has 0 fully saturated rings. The number of methoxy groups -OCH3 is 1. The highest BCUT2D eigenvalue weighted by Crippen LogP contribution is 2.46. The molecule has 32 heavy (non-hydrogen) atoms. The molecular weight excluding hydrogens is 424 g/mol. The van der Waals surface area contributed by atoms with E-state index >= 15 is 0 Å². The number of anilines is 1. The Kier molecular flexibility index (Phi) is 6.25. The first kappa shape index (κ1) is 22.7. The molecule has 0 bridgehead atoms. The van der Waals surface area contributed by atoms with E-state index in [1.807, 2.05) is 36.7 Å². The quantitative estimate of drug-likeness (QED) is 0.571. The molecule has 172 valence electrons. The number of ether oxygens (including phenoxy) is 2. The lowest BCUT2D eigenvalue weighted by Gasteiger charge is -2.38. The van der Waals surface area contributed by atoms with Crippen LogP contribution in [-0.2, 0) is 4.79 Å². The fraction of sp³-hybridized carbons (Fsp3) is 0.542. The van der Waals surface area contributed by atoms with Crippen molar-refractivity contribution in [2.75, 3.05) is 18.2 Å². The van der Waals surface area contributed by atoms with Gasteiger partial charge in [-0.15, -0.1) is 5.10 Å². The van der Waals surface area contributed by atoms with Crippen LogP contribution in [0, 0.1) is 5.41 Å². The summed E-state index contributed by atoms with van der Waals surface area (Å²) in [5, 5.41) is 8.93. The number of hydrogen-bond acceptors (Lipinski definition) is 7. The molecule has 8 heteroatoms. The van der Waals surface area contributed by atoms with Crippen molar-refractivity contribution in [1.29, 1.82) is 0 Å². The Morgan fingerprint density at radius 3 is 2.75 bits per heavy atom. The number of nitrogens with zero attached hydrogens (tertiary/aromatic N) is 3. The summed E-state index contributed by atoms with van der Waals surface area (Å²) < 4.78 is 13.4. The molecule has 1 aromatic carbocycles. The second-order valence-corrected chi connectivity index (χ2v) is 10.5. The lowest BCUT2D eigenvalue weighted by molar-refractivity contribution is -0.118. The molecule has 4 rings (SSSR count). The Bertz CT molecular complexity index is 1060. The van der Waals surface area contributed by atoms with Gasteiger partial charge in [0.2, 0.25) is 11.1 Å². The average molecular weight is 457 g/mol. The van der Waals surface area contributed by atoms with E-state index in [-0.39, 0.29) is 23.3 Å². The number of carbonyl (C=O) groups is 1. The molecule has 2 heterocycles. The molecule has 7 nitrogen and oxygen atoms in total. The molecule has 1 aliphatic carbocycles. The summed E-state index contributed by atoms with van der Waals surface area (Å²) in [5.41, 5.74) is 2.55. The summed E-state index contributed by atoms with van der Waals surface area (Å²) in [6.45, 7) is 10.4. The van der Waals surface area contributed by atoms with Crippen LogP contribution in [0.4, 0.5) is 5.95 Å². The van der Waals surface area contributed by atoms with Crippen molar-refractivity contribution in [3.8, 4) is 11.5 Å².